The van der Waals surface area contributed by atoms with E-state index in [1.165, 1.54) is 12.1 Å². The predicted molar refractivity (Wildman–Crippen MR) is 71.6 cm³/mol. The molecule has 0 saturated heterocycles. The fourth-order valence-electron chi connectivity index (χ4n) is 2.30. The Labute approximate surface area is 104 Å². The van der Waals surface area contributed by atoms with Crippen LogP contribution >= 0.6 is 0 Å². The van der Waals surface area contributed by atoms with Gasteiger partial charge in [-0.3, -0.25) is 0 Å². The first-order valence-corrected chi connectivity index (χ1v) is 5.85. The van der Waals surface area contributed by atoms with E-state index >= 15 is 0 Å². The average molecular weight is 240 g/mol. The summed E-state index contributed by atoms with van der Waals surface area (Å²) < 4.78 is 13.3. The van der Waals surface area contributed by atoms with Crippen LogP contribution in [-0.2, 0) is 6.54 Å². The molecule has 1 aromatic heterocycles. The summed E-state index contributed by atoms with van der Waals surface area (Å²) in [4.78, 5) is 3.31. The van der Waals surface area contributed by atoms with Crippen LogP contribution in [0.3, 0.4) is 0 Å². The van der Waals surface area contributed by atoms with Crippen LogP contribution in [0.2, 0.25) is 0 Å². The molecule has 1 heterocycles. The van der Waals surface area contributed by atoms with Gasteiger partial charge in [-0.05, 0) is 23.8 Å². The number of rotatable bonds is 2. The van der Waals surface area contributed by atoms with Crippen molar-refractivity contribution in [3.05, 3.63) is 59.9 Å². The predicted octanol–water partition coefficient (Wildman–Crippen LogP) is 3.43. The highest BCUT2D eigenvalue weighted by Gasteiger charge is 2.11. The van der Waals surface area contributed by atoms with Crippen LogP contribution in [-0.4, -0.2) is 4.98 Å². The van der Waals surface area contributed by atoms with Crippen LogP contribution in [0.1, 0.15) is 5.56 Å². The molecular weight excluding hydrogens is 227 g/mol. The minimum absolute atomic E-state index is 0.242. The summed E-state index contributed by atoms with van der Waals surface area (Å²) in [6, 6.07) is 14.5. The van der Waals surface area contributed by atoms with Gasteiger partial charge in [-0.1, -0.05) is 30.3 Å². The Morgan fingerprint density at radius 1 is 1.06 bits per heavy atom. The van der Waals surface area contributed by atoms with Gasteiger partial charge >= 0.3 is 0 Å². The number of halogens is 1. The lowest BCUT2D eigenvalue weighted by Gasteiger charge is -2.02. The van der Waals surface area contributed by atoms with Crippen LogP contribution < -0.4 is 5.73 Å². The molecule has 0 spiro atoms. The molecule has 0 aliphatic carbocycles. The Bertz CT molecular complexity index is 701. The minimum Gasteiger partial charge on any atom is -0.354 e. The van der Waals surface area contributed by atoms with E-state index in [4.69, 9.17) is 5.73 Å². The average Bonchev–Trinajstić information content (AvgIpc) is 2.77. The van der Waals surface area contributed by atoms with Crippen molar-refractivity contribution in [2.24, 2.45) is 5.73 Å². The van der Waals surface area contributed by atoms with Crippen molar-refractivity contribution in [1.82, 2.24) is 4.98 Å². The molecule has 0 atom stereocenters. The first kappa shape index (κ1) is 11.0. The van der Waals surface area contributed by atoms with Crippen LogP contribution in [0.15, 0.2) is 48.5 Å². The summed E-state index contributed by atoms with van der Waals surface area (Å²) in [5.41, 5.74) is 9.60. The molecule has 3 heteroatoms. The maximum atomic E-state index is 13.3. The lowest BCUT2D eigenvalue weighted by Crippen LogP contribution is -1.97. The molecule has 0 amide bonds. The Balaban J connectivity index is 2.28. The van der Waals surface area contributed by atoms with Gasteiger partial charge in [0.2, 0.25) is 0 Å². The molecule has 0 unspecified atom stereocenters. The SMILES string of the molecule is NCc1c(-c2cccc(F)c2)[nH]c2ccccc12. The molecule has 3 N–H and O–H groups in total. The van der Waals surface area contributed by atoms with E-state index in [9.17, 15) is 4.39 Å². The maximum Gasteiger partial charge on any atom is 0.123 e. The highest BCUT2D eigenvalue weighted by atomic mass is 19.1. The number of H-pyrrole nitrogens is 1. The molecule has 3 aromatic rings. The number of fused-ring (bicyclic) bond motifs is 1. The number of benzene rings is 2. The van der Waals surface area contributed by atoms with Gasteiger partial charge in [-0.25, -0.2) is 4.39 Å². The van der Waals surface area contributed by atoms with Gasteiger partial charge < -0.3 is 10.7 Å². The Kier molecular flexibility index (Phi) is 2.61. The number of para-hydroxylation sites is 1. The van der Waals surface area contributed by atoms with Crippen molar-refractivity contribution in [3.63, 3.8) is 0 Å². The van der Waals surface area contributed by atoms with Gasteiger partial charge in [-0.15, -0.1) is 0 Å². The summed E-state index contributed by atoms with van der Waals surface area (Å²) in [7, 11) is 0. The number of aromatic nitrogens is 1. The molecule has 2 nitrogen and oxygen atoms in total. The maximum absolute atomic E-state index is 13.3. The Hall–Kier alpha value is -2.13. The molecule has 0 saturated carbocycles. The molecule has 3 rings (SSSR count). The second kappa shape index (κ2) is 4.27. The fraction of sp³-hybridized carbons (Fsp3) is 0.0667. The third-order valence-electron chi connectivity index (χ3n) is 3.13. The minimum atomic E-state index is -0.242. The van der Waals surface area contributed by atoms with E-state index in [-0.39, 0.29) is 5.82 Å². The van der Waals surface area contributed by atoms with E-state index in [0.29, 0.717) is 6.54 Å². The van der Waals surface area contributed by atoms with Crippen LogP contribution in [0.5, 0.6) is 0 Å². The molecule has 18 heavy (non-hydrogen) atoms. The fourth-order valence-corrected chi connectivity index (χ4v) is 2.30. The number of aromatic amines is 1. The number of nitrogens with one attached hydrogen (secondary N) is 1. The topological polar surface area (TPSA) is 41.8 Å². The summed E-state index contributed by atoms with van der Waals surface area (Å²) >= 11 is 0. The van der Waals surface area contributed by atoms with Crippen LogP contribution in [0, 0.1) is 5.82 Å². The molecular formula is C15H13FN2. The number of hydrogen-bond donors (Lipinski definition) is 2. The van der Waals surface area contributed by atoms with Gasteiger partial charge in [0.15, 0.2) is 0 Å². The van der Waals surface area contributed by atoms with Gasteiger partial charge in [0.1, 0.15) is 5.82 Å². The Morgan fingerprint density at radius 2 is 1.89 bits per heavy atom. The highest BCUT2D eigenvalue weighted by molar-refractivity contribution is 5.90. The number of hydrogen-bond acceptors (Lipinski definition) is 1. The lowest BCUT2D eigenvalue weighted by molar-refractivity contribution is 0.628. The van der Waals surface area contributed by atoms with Crippen LogP contribution in [0.25, 0.3) is 22.2 Å². The van der Waals surface area contributed by atoms with Crippen LogP contribution in [0.4, 0.5) is 4.39 Å². The zero-order chi connectivity index (χ0) is 12.5. The van der Waals surface area contributed by atoms with Gasteiger partial charge in [0.05, 0.1) is 5.69 Å². The summed E-state index contributed by atoms with van der Waals surface area (Å²) in [5, 5.41) is 1.10. The summed E-state index contributed by atoms with van der Waals surface area (Å²) in [6.07, 6.45) is 0. The van der Waals surface area contributed by atoms with Crippen molar-refractivity contribution >= 4 is 10.9 Å². The first-order valence-electron chi connectivity index (χ1n) is 5.85. The Morgan fingerprint density at radius 3 is 2.67 bits per heavy atom. The van der Waals surface area contributed by atoms with Gasteiger partial charge in [0.25, 0.3) is 0 Å². The highest BCUT2D eigenvalue weighted by Crippen LogP contribution is 2.30. The quantitative estimate of drug-likeness (QED) is 0.708. The molecule has 2 aromatic carbocycles. The van der Waals surface area contributed by atoms with E-state index in [2.05, 4.69) is 4.98 Å². The zero-order valence-corrected chi connectivity index (χ0v) is 9.78. The lowest BCUT2D eigenvalue weighted by atomic mass is 10.1. The molecule has 0 aliphatic heterocycles. The standard InChI is InChI=1S/C15H13FN2/c16-11-5-3-4-10(8-11)15-13(9-17)12-6-1-2-7-14(12)18-15/h1-8,18H,9,17H2. The van der Waals surface area contributed by atoms with Crippen molar-refractivity contribution in [1.29, 1.82) is 0 Å². The molecule has 90 valence electrons. The van der Waals surface area contributed by atoms with Crippen molar-refractivity contribution < 1.29 is 4.39 Å². The first-order chi connectivity index (χ1) is 8.79. The van der Waals surface area contributed by atoms with Crippen molar-refractivity contribution in [2.45, 2.75) is 6.54 Å². The zero-order valence-electron chi connectivity index (χ0n) is 9.78. The van der Waals surface area contributed by atoms with E-state index < -0.39 is 0 Å². The summed E-state index contributed by atoms with van der Waals surface area (Å²) in [6.45, 7) is 0.426. The molecule has 0 radical (unpaired) electrons. The van der Waals surface area contributed by atoms with Gasteiger partial charge in [0, 0.05) is 23.0 Å². The molecule has 0 bridgehead atoms. The third kappa shape index (κ3) is 1.69. The third-order valence-corrected chi connectivity index (χ3v) is 3.13. The van der Waals surface area contributed by atoms with E-state index in [1.807, 2.05) is 30.3 Å². The van der Waals surface area contributed by atoms with Crippen molar-refractivity contribution in [3.8, 4) is 11.3 Å². The smallest absolute Gasteiger partial charge is 0.123 e. The van der Waals surface area contributed by atoms with E-state index in [1.54, 1.807) is 6.07 Å². The monoisotopic (exact) mass is 240 g/mol. The van der Waals surface area contributed by atoms with Crippen molar-refractivity contribution in [2.75, 3.05) is 0 Å². The molecule has 0 aliphatic rings. The largest absolute Gasteiger partial charge is 0.354 e. The second-order valence-electron chi connectivity index (χ2n) is 4.24. The normalized spacial score (nSPS) is 11.0. The van der Waals surface area contributed by atoms with E-state index in [0.717, 1.165) is 27.7 Å². The van der Waals surface area contributed by atoms with Gasteiger partial charge in [-0.2, -0.15) is 0 Å². The number of nitrogens with two attached hydrogens (primary N) is 1. The summed E-state index contributed by atoms with van der Waals surface area (Å²) in [5.74, 6) is -0.242. The molecule has 0 fully saturated rings. The second-order valence-corrected chi connectivity index (χ2v) is 4.24.